The molecule has 0 aromatic heterocycles. The second-order valence-electron chi connectivity index (χ2n) is 14.6. The normalized spacial score (nSPS) is 13.9. The Kier molecular flexibility index (Phi) is 10.8. The molecule has 280 valence electrons. The van der Waals surface area contributed by atoms with Gasteiger partial charge >= 0.3 is 0 Å². The van der Waals surface area contributed by atoms with Gasteiger partial charge in [-0.05, 0) is 44.5 Å². The molecule has 0 saturated carbocycles. The van der Waals surface area contributed by atoms with Crippen molar-refractivity contribution in [2.45, 2.75) is 28.6 Å². The van der Waals surface area contributed by atoms with E-state index in [0.717, 1.165) is 38.9 Å². The van der Waals surface area contributed by atoms with Gasteiger partial charge in [0, 0.05) is 6.42 Å². The standard InChI is InChI=1S/C54H46O3/c55-42-51(44-27-11-2-12-28-44,41-43-25-9-1-10-26-43)57-53(48-35-19-6-20-36-48,49-37-21-7-22-38-49)54(56,50-39-23-8-24-40-50)52(45-29-13-3-14-30-45,46-31-15-4-16-32-46)47-33-17-5-18-34-47/h1-40,55-56H,41-42H2. The fourth-order valence-electron chi connectivity index (χ4n) is 9.01. The second-order valence-corrected chi connectivity index (χ2v) is 14.6. The van der Waals surface area contributed by atoms with Crippen LogP contribution in [-0.2, 0) is 33.4 Å². The summed E-state index contributed by atoms with van der Waals surface area (Å²) in [7, 11) is 0. The maximum Gasteiger partial charge on any atom is 0.154 e. The molecule has 0 heterocycles. The third-order valence-corrected chi connectivity index (χ3v) is 11.5. The molecule has 0 radical (unpaired) electrons. The van der Waals surface area contributed by atoms with Crippen LogP contribution in [-0.4, -0.2) is 16.8 Å². The number of ether oxygens (including phenoxy) is 1. The molecule has 0 aliphatic carbocycles. The summed E-state index contributed by atoms with van der Waals surface area (Å²) in [6, 6.07) is 81.1. The van der Waals surface area contributed by atoms with Crippen molar-refractivity contribution >= 4 is 0 Å². The van der Waals surface area contributed by atoms with Crippen LogP contribution in [0.1, 0.15) is 44.5 Å². The van der Waals surface area contributed by atoms with Crippen molar-refractivity contribution in [2.75, 3.05) is 6.61 Å². The number of aliphatic hydroxyl groups is 2. The molecule has 0 fully saturated rings. The van der Waals surface area contributed by atoms with Gasteiger partial charge < -0.3 is 14.9 Å². The Morgan fingerprint density at radius 1 is 0.333 bits per heavy atom. The first kappa shape index (κ1) is 37.6. The highest BCUT2D eigenvalue weighted by molar-refractivity contribution is 5.61. The Balaban J connectivity index is 1.63. The minimum atomic E-state index is -2.01. The molecule has 0 bridgehead atoms. The first-order valence-electron chi connectivity index (χ1n) is 19.5. The van der Waals surface area contributed by atoms with E-state index in [-0.39, 0.29) is 6.61 Å². The summed E-state index contributed by atoms with van der Waals surface area (Å²) in [6.45, 7) is -0.382. The first-order valence-corrected chi connectivity index (χ1v) is 19.5. The maximum atomic E-state index is 15.5. The topological polar surface area (TPSA) is 49.7 Å². The molecule has 0 aliphatic rings. The van der Waals surface area contributed by atoms with Crippen molar-refractivity contribution in [3.8, 4) is 0 Å². The average Bonchev–Trinajstić information content (AvgIpc) is 3.30. The van der Waals surface area contributed by atoms with E-state index < -0.39 is 22.2 Å². The quantitative estimate of drug-likeness (QED) is 0.109. The van der Waals surface area contributed by atoms with Crippen LogP contribution in [0.3, 0.4) is 0 Å². The SMILES string of the molecule is OCC(Cc1ccccc1)(OC(c1ccccc1)(c1ccccc1)C(O)(c1ccccc1)C(c1ccccc1)(c1ccccc1)c1ccccc1)c1ccccc1. The summed E-state index contributed by atoms with van der Waals surface area (Å²) in [5, 5.41) is 27.7. The Morgan fingerprint density at radius 2 is 0.614 bits per heavy atom. The van der Waals surface area contributed by atoms with Gasteiger partial charge in [0.15, 0.2) is 5.60 Å². The lowest BCUT2D eigenvalue weighted by Crippen LogP contribution is -2.66. The molecule has 0 saturated heterocycles. The van der Waals surface area contributed by atoms with Crippen LogP contribution in [0.2, 0.25) is 0 Å². The molecule has 2 N–H and O–H groups in total. The Hall–Kier alpha value is -6.36. The van der Waals surface area contributed by atoms with Gasteiger partial charge in [-0.25, -0.2) is 0 Å². The number of rotatable bonds is 14. The summed E-state index contributed by atoms with van der Waals surface area (Å²) >= 11 is 0. The minimum absolute atomic E-state index is 0.315. The fourth-order valence-corrected chi connectivity index (χ4v) is 9.01. The largest absolute Gasteiger partial charge is 0.393 e. The van der Waals surface area contributed by atoms with E-state index in [1.54, 1.807) is 0 Å². The van der Waals surface area contributed by atoms with Crippen LogP contribution in [0.15, 0.2) is 243 Å². The van der Waals surface area contributed by atoms with E-state index in [9.17, 15) is 5.11 Å². The van der Waals surface area contributed by atoms with Crippen LogP contribution >= 0.6 is 0 Å². The van der Waals surface area contributed by atoms with Gasteiger partial charge in [-0.1, -0.05) is 243 Å². The molecule has 57 heavy (non-hydrogen) atoms. The zero-order valence-corrected chi connectivity index (χ0v) is 31.8. The molecule has 0 spiro atoms. The van der Waals surface area contributed by atoms with E-state index >= 15 is 5.11 Å². The Bertz CT molecular complexity index is 2290. The van der Waals surface area contributed by atoms with Gasteiger partial charge in [0.2, 0.25) is 0 Å². The molecule has 2 unspecified atom stereocenters. The Morgan fingerprint density at radius 3 is 0.947 bits per heavy atom. The number of aliphatic hydroxyl groups excluding tert-OH is 1. The third-order valence-electron chi connectivity index (χ3n) is 11.5. The van der Waals surface area contributed by atoms with E-state index in [1.807, 2.05) is 194 Å². The highest BCUT2D eigenvalue weighted by Crippen LogP contribution is 2.64. The monoisotopic (exact) mass is 742 g/mol. The van der Waals surface area contributed by atoms with E-state index in [2.05, 4.69) is 48.5 Å². The molecule has 3 nitrogen and oxygen atoms in total. The van der Waals surface area contributed by atoms with Gasteiger partial charge in [0.25, 0.3) is 0 Å². The molecule has 8 rings (SSSR count). The maximum absolute atomic E-state index is 15.5. The molecule has 0 amide bonds. The summed E-state index contributed by atoms with van der Waals surface area (Å²) in [5.41, 5.74) is -0.0563. The van der Waals surface area contributed by atoms with Crippen LogP contribution in [0.25, 0.3) is 0 Å². The van der Waals surface area contributed by atoms with Gasteiger partial charge in [-0.2, -0.15) is 0 Å². The van der Waals surface area contributed by atoms with Gasteiger partial charge in [0.1, 0.15) is 11.2 Å². The average molecular weight is 743 g/mol. The summed E-state index contributed by atoms with van der Waals surface area (Å²) in [6.07, 6.45) is 0.315. The van der Waals surface area contributed by atoms with Crippen molar-refractivity contribution in [1.82, 2.24) is 0 Å². The zero-order valence-electron chi connectivity index (χ0n) is 31.8. The van der Waals surface area contributed by atoms with Crippen molar-refractivity contribution in [2.24, 2.45) is 0 Å². The van der Waals surface area contributed by atoms with E-state index in [4.69, 9.17) is 4.74 Å². The third kappa shape index (κ3) is 6.50. The molecular formula is C54H46O3. The second kappa shape index (κ2) is 16.4. The molecule has 3 heteroatoms. The minimum Gasteiger partial charge on any atom is -0.393 e. The molecule has 0 aliphatic heterocycles. The van der Waals surface area contributed by atoms with E-state index in [1.165, 1.54) is 0 Å². The number of hydrogen-bond acceptors (Lipinski definition) is 3. The van der Waals surface area contributed by atoms with E-state index in [0.29, 0.717) is 12.0 Å². The first-order chi connectivity index (χ1) is 28.1. The van der Waals surface area contributed by atoms with Crippen LogP contribution < -0.4 is 0 Å². The van der Waals surface area contributed by atoms with Gasteiger partial charge in [-0.3, -0.25) is 0 Å². The Labute approximate surface area is 336 Å². The fraction of sp³-hybridized carbons (Fsp3) is 0.111. The van der Waals surface area contributed by atoms with Crippen molar-refractivity contribution in [1.29, 1.82) is 0 Å². The highest BCUT2D eigenvalue weighted by atomic mass is 16.5. The molecule has 8 aromatic carbocycles. The predicted octanol–water partition coefficient (Wildman–Crippen LogP) is 11.0. The number of hydrogen-bond donors (Lipinski definition) is 2. The van der Waals surface area contributed by atoms with Crippen molar-refractivity contribution in [3.63, 3.8) is 0 Å². The molecule has 2 atom stereocenters. The van der Waals surface area contributed by atoms with Crippen molar-refractivity contribution < 1.29 is 14.9 Å². The lowest BCUT2D eigenvalue weighted by Gasteiger charge is -2.60. The van der Waals surface area contributed by atoms with Crippen LogP contribution in [0.5, 0.6) is 0 Å². The zero-order chi connectivity index (χ0) is 39.0. The summed E-state index contributed by atoms with van der Waals surface area (Å²) < 4.78 is 8.23. The van der Waals surface area contributed by atoms with Crippen molar-refractivity contribution in [3.05, 3.63) is 287 Å². The smallest absolute Gasteiger partial charge is 0.154 e. The molecule has 8 aromatic rings. The number of benzene rings is 8. The molecular weight excluding hydrogens is 697 g/mol. The summed E-state index contributed by atoms with van der Waals surface area (Å²) in [5.74, 6) is 0. The lowest BCUT2D eigenvalue weighted by molar-refractivity contribution is -0.261. The lowest BCUT2D eigenvalue weighted by atomic mass is 9.50. The van der Waals surface area contributed by atoms with Crippen LogP contribution in [0, 0.1) is 0 Å². The predicted molar refractivity (Wildman–Crippen MR) is 230 cm³/mol. The van der Waals surface area contributed by atoms with Crippen LogP contribution in [0.4, 0.5) is 0 Å². The highest BCUT2D eigenvalue weighted by Gasteiger charge is 2.69. The van der Waals surface area contributed by atoms with Gasteiger partial charge in [-0.15, -0.1) is 0 Å². The van der Waals surface area contributed by atoms with Gasteiger partial charge in [0.05, 0.1) is 12.0 Å². The summed E-state index contributed by atoms with van der Waals surface area (Å²) in [4.78, 5) is 0.